The number of allylic oxidation sites excluding steroid dienone is 1. The molecule has 23 heavy (non-hydrogen) atoms. The van der Waals surface area contributed by atoms with E-state index in [0.29, 0.717) is 17.9 Å². The highest BCUT2D eigenvalue weighted by molar-refractivity contribution is 6.33. The van der Waals surface area contributed by atoms with Crippen molar-refractivity contribution in [2.45, 2.75) is 19.4 Å². The molecule has 0 radical (unpaired) electrons. The van der Waals surface area contributed by atoms with Gasteiger partial charge in [-0.25, -0.2) is 4.39 Å². The minimum atomic E-state index is -0.734. The summed E-state index contributed by atoms with van der Waals surface area (Å²) in [7, 11) is 0. The van der Waals surface area contributed by atoms with Crippen LogP contribution in [0.4, 0.5) is 10.1 Å². The van der Waals surface area contributed by atoms with E-state index in [1.807, 2.05) is 18.2 Å². The first-order chi connectivity index (χ1) is 11.0. The van der Waals surface area contributed by atoms with Crippen LogP contribution in [0.15, 0.2) is 55.1 Å². The molecule has 1 atom stereocenters. The van der Waals surface area contributed by atoms with E-state index in [1.165, 1.54) is 12.1 Å². The van der Waals surface area contributed by atoms with Gasteiger partial charge in [-0.3, -0.25) is 4.79 Å². The Morgan fingerprint density at radius 2 is 2.13 bits per heavy atom. The first kappa shape index (κ1) is 17.0. The summed E-state index contributed by atoms with van der Waals surface area (Å²) >= 11 is 5.90. The van der Waals surface area contributed by atoms with Crippen molar-refractivity contribution in [2.75, 3.05) is 5.32 Å². The molecule has 0 aromatic heterocycles. The lowest BCUT2D eigenvalue weighted by Crippen LogP contribution is -2.30. The zero-order valence-electron chi connectivity index (χ0n) is 12.7. The van der Waals surface area contributed by atoms with E-state index in [0.717, 1.165) is 11.6 Å². The quantitative estimate of drug-likeness (QED) is 0.784. The SMILES string of the molecule is C=CCc1ccccc1O[C@H](C)C(=O)Nc1ccc(F)cc1Cl. The molecule has 0 bridgehead atoms. The van der Waals surface area contributed by atoms with Crippen LogP contribution in [0.5, 0.6) is 5.75 Å². The second-order valence-electron chi connectivity index (χ2n) is 4.97. The molecule has 5 heteroatoms. The first-order valence-corrected chi connectivity index (χ1v) is 7.50. The van der Waals surface area contributed by atoms with Crippen molar-refractivity contribution in [3.63, 3.8) is 0 Å². The minimum absolute atomic E-state index is 0.137. The maximum Gasteiger partial charge on any atom is 0.265 e. The number of hydrogen-bond acceptors (Lipinski definition) is 2. The second-order valence-corrected chi connectivity index (χ2v) is 5.38. The smallest absolute Gasteiger partial charge is 0.265 e. The summed E-state index contributed by atoms with van der Waals surface area (Å²) in [6, 6.07) is 11.2. The number of amides is 1. The van der Waals surface area contributed by atoms with Gasteiger partial charge in [0.25, 0.3) is 5.91 Å². The summed E-state index contributed by atoms with van der Waals surface area (Å²) in [5, 5.41) is 2.76. The van der Waals surface area contributed by atoms with Gasteiger partial charge in [0.15, 0.2) is 6.10 Å². The summed E-state index contributed by atoms with van der Waals surface area (Å²) in [6.07, 6.45) is 1.68. The molecular weight excluding hydrogens is 317 g/mol. The molecule has 0 fully saturated rings. The molecule has 0 spiro atoms. The third kappa shape index (κ3) is 4.57. The number of para-hydroxylation sites is 1. The molecule has 0 aliphatic rings. The van der Waals surface area contributed by atoms with Crippen LogP contribution >= 0.6 is 11.6 Å². The van der Waals surface area contributed by atoms with Crippen molar-refractivity contribution in [3.05, 3.63) is 71.5 Å². The topological polar surface area (TPSA) is 38.3 Å². The predicted octanol–water partition coefficient (Wildman–Crippen LogP) is 4.61. The highest BCUT2D eigenvalue weighted by Gasteiger charge is 2.17. The van der Waals surface area contributed by atoms with Gasteiger partial charge < -0.3 is 10.1 Å². The van der Waals surface area contributed by atoms with Crippen LogP contribution in [0.3, 0.4) is 0 Å². The number of benzene rings is 2. The van der Waals surface area contributed by atoms with Gasteiger partial charge in [-0.2, -0.15) is 0 Å². The van der Waals surface area contributed by atoms with E-state index >= 15 is 0 Å². The van der Waals surface area contributed by atoms with Crippen molar-refractivity contribution in [3.8, 4) is 5.75 Å². The van der Waals surface area contributed by atoms with Crippen molar-refractivity contribution < 1.29 is 13.9 Å². The van der Waals surface area contributed by atoms with Crippen molar-refractivity contribution in [2.24, 2.45) is 0 Å². The lowest BCUT2D eigenvalue weighted by molar-refractivity contribution is -0.122. The molecule has 120 valence electrons. The van der Waals surface area contributed by atoms with Crippen LogP contribution in [0.1, 0.15) is 12.5 Å². The van der Waals surface area contributed by atoms with Crippen LogP contribution in [-0.2, 0) is 11.2 Å². The Labute approximate surface area is 139 Å². The number of carbonyl (C=O) groups excluding carboxylic acids is 1. The number of anilines is 1. The van der Waals surface area contributed by atoms with Crippen LogP contribution in [0.25, 0.3) is 0 Å². The first-order valence-electron chi connectivity index (χ1n) is 7.12. The average Bonchev–Trinajstić information content (AvgIpc) is 2.52. The van der Waals surface area contributed by atoms with Crippen LogP contribution in [-0.4, -0.2) is 12.0 Å². The summed E-state index contributed by atoms with van der Waals surface area (Å²) in [4.78, 5) is 12.2. The predicted molar refractivity (Wildman–Crippen MR) is 90.5 cm³/mol. The highest BCUT2D eigenvalue weighted by Crippen LogP contribution is 2.24. The number of halogens is 2. The van der Waals surface area contributed by atoms with Crippen LogP contribution in [0, 0.1) is 5.82 Å². The number of carbonyl (C=O) groups is 1. The van der Waals surface area contributed by atoms with Gasteiger partial charge in [-0.05, 0) is 43.2 Å². The summed E-state index contributed by atoms with van der Waals surface area (Å²) in [5.74, 6) is -0.206. The molecule has 0 aliphatic carbocycles. The van der Waals surface area contributed by atoms with Gasteiger partial charge in [0.2, 0.25) is 0 Å². The molecule has 0 saturated carbocycles. The summed E-state index contributed by atoms with van der Waals surface area (Å²) < 4.78 is 18.7. The molecule has 2 aromatic rings. The number of rotatable bonds is 6. The Balaban J connectivity index is 2.07. The third-order valence-corrected chi connectivity index (χ3v) is 3.51. The Morgan fingerprint density at radius 1 is 1.39 bits per heavy atom. The van der Waals surface area contributed by atoms with Gasteiger partial charge in [-0.1, -0.05) is 35.9 Å². The van der Waals surface area contributed by atoms with E-state index in [-0.39, 0.29) is 10.9 Å². The monoisotopic (exact) mass is 333 g/mol. The fraction of sp³-hybridized carbons (Fsp3) is 0.167. The molecule has 0 heterocycles. The van der Waals surface area contributed by atoms with Crippen LogP contribution in [0.2, 0.25) is 5.02 Å². The van der Waals surface area contributed by atoms with E-state index in [9.17, 15) is 9.18 Å². The second kappa shape index (κ2) is 7.79. The minimum Gasteiger partial charge on any atom is -0.481 e. The molecule has 1 amide bonds. The maximum atomic E-state index is 13.0. The Kier molecular flexibility index (Phi) is 5.77. The highest BCUT2D eigenvalue weighted by atomic mass is 35.5. The van der Waals surface area contributed by atoms with Gasteiger partial charge in [0, 0.05) is 0 Å². The lowest BCUT2D eigenvalue weighted by atomic mass is 10.1. The molecule has 2 aromatic carbocycles. The normalized spacial score (nSPS) is 11.6. The lowest BCUT2D eigenvalue weighted by Gasteiger charge is -2.17. The zero-order chi connectivity index (χ0) is 16.8. The largest absolute Gasteiger partial charge is 0.481 e. The Bertz CT molecular complexity index is 718. The van der Waals surface area contributed by atoms with Crippen molar-refractivity contribution >= 4 is 23.2 Å². The number of ether oxygens (including phenoxy) is 1. The van der Waals surface area contributed by atoms with Gasteiger partial charge >= 0.3 is 0 Å². The van der Waals surface area contributed by atoms with Crippen molar-refractivity contribution in [1.82, 2.24) is 0 Å². The molecule has 0 aliphatic heterocycles. The summed E-state index contributed by atoms with van der Waals surface area (Å²) in [5.41, 5.74) is 1.29. The van der Waals surface area contributed by atoms with Gasteiger partial charge in [-0.15, -0.1) is 6.58 Å². The fourth-order valence-corrected chi connectivity index (χ4v) is 2.23. The van der Waals surface area contributed by atoms with E-state index < -0.39 is 11.9 Å². The zero-order valence-corrected chi connectivity index (χ0v) is 13.4. The molecule has 2 rings (SSSR count). The molecule has 3 nitrogen and oxygen atoms in total. The van der Waals surface area contributed by atoms with Gasteiger partial charge in [0.1, 0.15) is 11.6 Å². The Morgan fingerprint density at radius 3 is 2.83 bits per heavy atom. The van der Waals surface area contributed by atoms with E-state index in [1.54, 1.807) is 19.1 Å². The van der Waals surface area contributed by atoms with E-state index in [2.05, 4.69) is 11.9 Å². The molecule has 0 saturated heterocycles. The number of hydrogen-bond donors (Lipinski definition) is 1. The number of nitrogens with one attached hydrogen (secondary N) is 1. The van der Waals surface area contributed by atoms with Gasteiger partial charge in [0.05, 0.1) is 10.7 Å². The molecule has 0 unspecified atom stereocenters. The average molecular weight is 334 g/mol. The fourth-order valence-electron chi connectivity index (χ4n) is 2.01. The maximum absolute atomic E-state index is 13.0. The van der Waals surface area contributed by atoms with Crippen LogP contribution < -0.4 is 10.1 Å². The van der Waals surface area contributed by atoms with Crippen molar-refractivity contribution in [1.29, 1.82) is 0 Å². The standard InChI is InChI=1S/C18H17ClFNO2/c1-3-6-13-7-4-5-8-17(13)23-12(2)18(22)21-16-10-9-14(20)11-15(16)19/h3-5,7-12H,1,6H2,2H3,(H,21,22)/t12-/m1/s1. The van der Waals surface area contributed by atoms with E-state index in [4.69, 9.17) is 16.3 Å². The third-order valence-electron chi connectivity index (χ3n) is 3.20. The molecule has 1 N–H and O–H groups in total. The summed E-state index contributed by atoms with van der Waals surface area (Å²) in [6.45, 7) is 5.34. The molecular formula is C18H17ClFNO2. The Hall–Kier alpha value is -2.33.